The standard InChI is InChI=1S/C18H19BF2O6.C12H9BF2O2.C6H14O6/c20-12-3-1-2-10(6-12)11-4-5-13(14(21)7-11)19-26-17(15(24)8-22)18(27-19)16(25)9-23;14-10-3-1-2-8(6-10)9-4-5-11(13(16)17)12(15)7-9;7-1-3(9)5(11)6(12)4(10)2-8/h1-7,15-18,22-25H,8-9H2;1-7,16-17H;3-12H,1-2H2. The zero-order chi connectivity index (χ0) is 41.7. The lowest BCUT2D eigenvalue weighted by molar-refractivity contribution is -0.123. The predicted octanol–water partition coefficient (Wildman–Crippen LogP) is -2.46. The van der Waals surface area contributed by atoms with Gasteiger partial charge in [-0.15, -0.1) is 0 Å². The van der Waals surface area contributed by atoms with Crippen molar-refractivity contribution >= 4 is 25.2 Å². The Morgan fingerprint density at radius 3 is 1.30 bits per heavy atom. The number of hydrogen-bond donors (Lipinski definition) is 12. The molecule has 5 rings (SSSR count). The van der Waals surface area contributed by atoms with Gasteiger partial charge in [-0.1, -0.05) is 48.5 Å². The molecule has 1 aliphatic heterocycles. The summed E-state index contributed by atoms with van der Waals surface area (Å²) in [6.45, 7) is -2.76. The SMILES string of the molecule is OB(O)c1ccc(-c2cccc(F)c2)cc1F.OCC(O)C(O)C(O)C(O)CO.OCC(O)C1OB(c2ccc(-c3cccc(F)c3)cc2F)OC1C(O)CO. The average Bonchev–Trinajstić information content (AvgIpc) is 3.64. The molecule has 8 atom stereocenters. The van der Waals surface area contributed by atoms with E-state index in [1.807, 2.05) is 0 Å². The fourth-order valence-corrected chi connectivity index (χ4v) is 5.27. The predicted molar refractivity (Wildman–Crippen MR) is 193 cm³/mol. The molecule has 4 aromatic carbocycles. The van der Waals surface area contributed by atoms with Gasteiger partial charge in [0.15, 0.2) is 0 Å². The van der Waals surface area contributed by atoms with E-state index in [0.29, 0.717) is 22.3 Å². The Labute approximate surface area is 318 Å². The van der Waals surface area contributed by atoms with Crippen LogP contribution in [0.15, 0.2) is 84.9 Å². The molecule has 0 aromatic heterocycles. The molecule has 0 radical (unpaired) electrons. The van der Waals surface area contributed by atoms with E-state index in [0.717, 1.165) is 6.07 Å². The van der Waals surface area contributed by atoms with E-state index in [1.165, 1.54) is 60.7 Å². The van der Waals surface area contributed by atoms with Crippen molar-refractivity contribution in [1.82, 2.24) is 0 Å². The number of halogens is 4. The topological polar surface area (TPSA) is 261 Å². The minimum absolute atomic E-state index is 0.0120. The average molecular weight is 796 g/mol. The summed E-state index contributed by atoms with van der Waals surface area (Å²) < 4.78 is 65.4. The van der Waals surface area contributed by atoms with Crippen molar-refractivity contribution in [2.45, 2.75) is 48.8 Å². The molecule has 1 aliphatic rings. The van der Waals surface area contributed by atoms with Gasteiger partial charge in [-0.2, -0.15) is 0 Å². The summed E-state index contributed by atoms with van der Waals surface area (Å²) in [7, 11) is -3.10. The van der Waals surface area contributed by atoms with Gasteiger partial charge in [0, 0.05) is 10.9 Å². The molecule has 0 amide bonds. The zero-order valence-corrected chi connectivity index (χ0v) is 29.4. The third-order valence-electron chi connectivity index (χ3n) is 8.38. The second kappa shape index (κ2) is 22.2. The lowest BCUT2D eigenvalue weighted by atomic mass is 9.78. The quantitative estimate of drug-likeness (QED) is 0.0496. The molecule has 0 bridgehead atoms. The zero-order valence-electron chi connectivity index (χ0n) is 29.4. The molecule has 1 fully saturated rings. The molecule has 4 aromatic rings. The van der Waals surface area contributed by atoms with Crippen molar-refractivity contribution in [1.29, 1.82) is 0 Å². The van der Waals surface area contributed by atoms with Crippen molar-refractivity contribution in [3.63, 3.8) is 0 Å². The van der Waals surface area contributed by atoms with Crippen LogP contribution in [0, 0.1) is 23.3 Å². The third-order valence-corrected chi connectivity index (χ3v) is 8.38. The summed E-state index contributed by atoms with van der Waals surface area (Å²) in [4.78, 5) is 0. The van der Waals surface area contributed by atoms with Gasteiger partial charge in [-0.3, -0.25) is 0 Å². The van der Waals surface area contributed by atoms with Gasteiger partial charge in [0.05, 0.1) is 38.6 Å². The monoisotopic (exact) mass is 796 g/mol. The first-order valence-electron chi connectivity index (χ1n) is 16.9. The first-order chi connectivity index (χ1) is 26.6. The van der Waals surface area contributed by atoms with E-state index in [9.17, 15) is 27.8 Å². The molecule has 304 valence electrons. The smallest absolute Gasteiger partial charge is 0.423 e. The van der Waals surface area contributed by atoms with Gasteiger partial charge in [-0.05, 0) is 58.7 Å². The molecule has 0 aliphatic carbocycles. The molecule has 0 saturated carbocycles. The first kappa shape index (κ1) is 46.6. The molecule has 8 unspecified atom stereocenters. The summed E-state index contributed by atoms with van der Waals surface area (Å²) in [5.41, 5.74) is 1.76. The van der Waals surface area contributed by atoms with Gasteiger partial charge in [0.1, 0.15) is 59.9 Å². The number of hydrogen-bond acceptors (Lipinski definition) is 14. The summed E-state index contributed by atoms with van der Waals surface area (Å²) in [6, 6.07) is 19.5. The van der Waals surface area contributed by atoms with Crippen molar-refractivity contribution in [2.75, 3.05) is 26.4 Å². The lowest BCUT2D eigenvalue weighted by Crippen LogP contribution is -2.46. The molecule has 56 heavy (non-hydrogen) atoms. The van der Waals surface area contributed by atoms with E-state index < -0.39 is 113 Å². The van der Waals surface area contributed by atoms with E-state index in [2.05, 4.69) is 0 Å². The second-order valence-electron chi connectivity index (χ2n) is 12.4. The Bertz CT molecular complexity index is 1780. The van der Waals surface area contributed by atoms with Crippen LogP contribution in [0.3, 0.4) is 0 Å². The van der Waals surface area contributed by atoms with Crippen LogP contribution in [0.25, 0.3) is 22.3 Å². The van der Waals surface area contributed by atoms with Crippen molar-refractivity contribution < 1.29 is 88.0 Å². The van der Waals surface area contributed by atoms with Crippen molar-refractivity contribution in [3.8, 4) is 22.3 Å². The number of rotatable bonds is 13. The largest absolute Gasteiger partial charge is 0.497 e. The van der Waals surface area contributed by atoms with Crippen LogP contribution in [0.4, 0.5) is 17.6 Å². The molecule has 14 nitrogen and oxygen atoms in total. The Kier molecular flexibility index (Phi) is 18.5. The maximum atomic E-state index is 14.6. The maximum Gasteiger partial charge on any atom is 0.497 e. The molecule has 12 N–H and O–H groups in total. The van der Waals surface area contributed by atoms with Crippen LogP contribution < -0.4 is 10.9 Å². The van der Waals surface area contributed by atoms with E-state index >= 15 is 0 Å². The normalized spacial score (nSPS) is 18.4. The molecule has 20 heteroatoms. The van der Waals surface area contributed by atoms with Gasteiger partial charge >= 0.3 is 14.2 Å². The Balaban J connectivity index is 0.000000248. The Morgan fingerprint density at radius 1 is 0.536 bits per heavy atom. The Hall–Kier alpha value is -3.83. The van der Waals surface area contributed by atoms with E-state index in [1.54, 1.807) is 18.2 Å². The van der Waals surface area contributed by atoms with Crippen LogP contribution in [0.1, 0.15) is 0 Å². The first-order valence-corrected chi connectivity index (χ1v) is 16.9. The number of benzene rings is 4. The summed E-state index contributed by atoms with van der Waals surface area (Å²) >= 11 is 0. The van der Waals surface area contributed by atoms with Crippen LogP contribution in [0.5, 0.6) is 0 Å². The van der Waals surface area contributed by atoms with Crippen LogP contribution in [-0.2, 0) is 9.31 Å². The molecule has 1 saturated heterocycles. The minimum Gasteiger partial charge on any atom is -0.423 e. The molecular formula is C36H42B2F4O14. The van der Waals surface area contributed by atoms with Gasteiger partial charge < -0.3 is 70.4 Å². The van der Waals surface area contributed by atoms with Crippen molar-refractivity contribution in [2.24, 2.45) is 0 Å². The van der Waals surface area contributed by atoms with Gasteiger partial charge in [0.2, 0.25) is 0 Å². The maximum absolute atomic E-state index is 14.6. The third kappa shape index (κ3) is 12.6. The highest BCUT2D eigenvalue weighted by Crippen LogP contribution is 2.26. The van der Waals surface area contributed by atoms with E-state index in [4.69, 9.17) is 60.2 Å². The molecule has 0 spiro atoms. The van der Waals surface area contributed by atoms with Gasteiger partial charge in [-0.25, -0.2) is 17.6 Å². The number of aliphatic hydroxyl groups excluding tert-OH is 10. The Morgan fingerprint density at radius 2 is 0.946 bits per heavy atom. The highest BCUT2D eigenvalue weighted by atomic mass is 19.1. The lowest BCUT2D eigenvalue weighted by Gasteiger charge is -2.24. The van der Waals surface area contributed by atoms with E-state index in [-0.39, 0.29) is 10.9 Å². The van der Waals surface area contributed by atoms with Crippen LogP contribution in [0.2, 0.25) is 0 Å². The number of aliphatic hydroxyl groups is 10. The highest BCUT2D eigenvalue weighted by molar-refractivity contribution is 6.62. The summed E-state index contributed by atoms with van der Waals surface area (Å²) in [5, 5.41) is 108. The van der Waals surface area contributed by atoms with Crippen LogP contribution >= 0.6 is 0 Å². The summed E-state index contributed by atoms with van der Waals surface area (Å²) in [5.74, 6) is -2.27. The fourth-order valence-electron chi connectivity index (χ4n) is 5.27. The van der Waals surface area contributed by atoms with Gasteiger partial charge in [0.25, 0.3) is 0 Å². The van der Waals surface area contributed by atoms with Crippen LogP contribution in [-0.4, -0.2) is 151 Å². The minimum atomic E-state index is -1.85. The summed E-state index contributed by atoms with van der Waals surface area (Å²) in [6.07, 6.45) is -11.4. The molecule has 1 heterocycles. The highest BCUT2D eigenvalue weighted by Gasteiger charge is 2.47. The van der Waals surface area contributed by atoms with Crippen molar-refractivity contribution in [3.05, 3.63) is 108 Å². The fraction of sp³-hybridized carbons (Fsp3) is 0.333. The second-order valence-corrected chi connectivity index (χ2v) is 12.4. The molecular weight excluding hydrogens is 754 g/mol.